The normalized spacial score (nSPS) is 9.73. The van der Waals surface area contributed by atoms with Crippen molar-refractivity contribution in [2.45, 2.75) is 27.7 Å². The molecule has 0 amide bonds. The first-order chi connectivity index (χ1) is 10.7. The van der Waals surface area contributed by atoms with Crippen molar-refractivity contribution in [2.75, 3.05) is 6.61 Å². The number of allylic oxidation sites excluding steroid dienone is 1. The number of hydrogen-bond acceptors (Lipinski definition) is 4. The number of rotatable bonds is 4. The molecule has 0 spiro atoms. The first-order valence-electron chi connectivity index (χ1n) is 6.83. The van der Waals surface area contributed by atoms with Crippen molar-refractivity contribution in [3.05, 3.63) is 35.0 Å². The Morgan fingerprint density at radius 2 is 2.14 bits per heavy atom. The predicted octanol–water partition coefficient (Wildman–Crippen LogP) is 5.77. The third kappa shape index (κ3) is 6.58. The summed E-state index contributed by atoms with van der Waals surface area (Å²) < 4.78 is 6.04. The lowest BCUT2D eigenvalue weighted by molar-refractivity contribution is -0.128. The largest absolute Gasteiger partial charge is 0.468 e. The Morgan fingerprint density at radius 3 is 2.59 bits per heavy atom. The summed E-state index contributed by atoms with van der Waals surface area (Å²) in [5.41, 5.74) is 2.05. The number of ether oxygens (including phenoxy) is 1. The van der Waals surface area contributed by atoms with Crippen molar-refractivity contribution in [3.8, 4) is 0 Å². The van der Waals surface area contributed by atoms with Crippen LogP contribution in [0.5, 0.6) is 0 Å². The smallest absolute Gasteiger partial charge is 0.293 e. The number of carbonyl (C=O) groups is 1. The third-order valence-electron chi connectivity index (χ3n) is 2.26. The molecule has 4 nitrogen and oxygen atoms in total. The molecule has 0 aliphatic heterocycles. The van der Waals surface area contributed by atoms with E-state index in [0.717, 1.165) is 21.6 Å². The van der Waals surface area contributed by atoms with Gasteiger partial charge in [-0.2, -0.15) is 9.19 Å². The lowest BCUT2D eigenvalue weighted by Gasteiger charge is -1.94. The number of hydrogen-bond donors (Lipinski definition) is 0. The van der Waals surface area contributed by atoms with Crippen molar-refractivity contribution in [1.82, 2.24) is 9.19 Å². The summed E-state index contributed by atoms with van der Waals surface area (Å²) in [5.74, 6) is 0. The van der Waals surface area contributed by atoms with E-state index in [0.29, 0.717) is 13.1 Å². The maximum atomic E-state index is 9.18. The molecule has 122 valence electrons. The zero-order chi connectivity index (χ0) is 17.0. The van der Waals surface area contributed by atoms with E-state index < -0.39 is 0 Å². The zero-order valence-electron chi connectivity index (χ0n) is 13.0. The van der Waals surface area contributed by atoms with Gasteiger partial charge in [0.1, 0.15) is 0 Å². The first-order valence-corrected chi connectivity index (χ1v) is 10.5. The van der Waals surface area contributed by atoms with Gasteiger partial charge in [0, 0.05) is 40.7 Å². The number of fused-ring (bicyclic) bond motifs is 1. The van der Waals surface area contributed by atoms with E-state index in [1.807, 2.05) is 55.2 Å². The highest BCUT2D eigenvalue weighted by atomic mass is 127. The third-order valence-corrected chi connectivity index (χ3v) is 4.03. The quantitative estimate of drug-likeness (QED) is 0.434. The number of nitrogens with zero attached hydrogens (tertiary/aromatic N) is 2. The molecule has 0 aliphatic carbocycles. The SMILES string of the molecule is C/C=C/c1nn(SI)c2ccc(Cl)cc12.CC.CCOC=O. The van der Waals surface area contributed by atoms with Crippen LogP contribution in [-0.2, 0) is 9.53 Å². The van der Waals surface area contributed by atoms with Crippen molar-refractivity contribution >= 4 is 65.4 Å². The van der Waals surface area contributed by atoms with Crippen LogP contribution in [-0.4, -0.2) is 22.3 Å². The van der Waals surface area contributed by atoms with Crippen LogP contribution in [0.15, 0.2) is 24.3 Å². The van der Waals surface area contributed by atoms with Crippen LogP contribution >= 0.6 is 41.9 Å². The minimum Gasteiger partial charge on any atom is -0.468 e. The number of benzene rings is 1. The van der Waals surface area contributed by atoms with Gasteiger partial charge in [-0.3, -0.25) is 4.79 Å². The number of carbonyl (C=O) groups excluding carboxylic acids is 1. The van der Waals surface area contributed by atoms with Gasteiger partial charge in [0.15, 0.2) is 0 Å². The standard InChI is InChI=1S/C10H8ClIN2S.C3H6O2.C2H6/c1-2-3-9-8-6-7(11)4-5-10(8)14(13-9)15-12;1-2-5-3-4;1-2/h2-6H,1H3;3H,2H2,1H3;1-2H3/b3-2+;;. The highest BCUT2D eigenvalue weighted by Gasteiger charge is 2.08. The molecule has 0 unspecified atom stereocenters. The fourth-order valence-electron chi connectivity index (χ4n) is 1.49. The second-order valence-corrected chi connectivity index (χ2v) is 5.64. The average Bonchev–Trinajstić information content (AvgIpc) is 2.88. The molecule has 0 radical (unpaired) electrons. The number of halogens is 2. The zero-order valence-corrected chi connectivity index (χ0v) is 16.8. The summed E-state index contributed by atoms with van der Waals surface area (Å²) in [6.07, 6.45) is 3.97. The summed E-state index contributed by atoms with van der Waals surface area (Å²) in [7, 11) is 1.55. The van der Waals surface area contributed by atoms with E-state index in [9.17, 15) is 4.79 Å². The van der Waals surface area contributed by atoms with Gasteiger partial charge >= 0.3 is 0 Å². The lowest BCUT2D eigenvalue weighted by Crippen LogP contribution is -1.83. The monoisotopic (exact) mass is 454 g/mol. The fourth-order valence-corrected chi connectivity index (χ4v) is 2.91. The van der Waals surface area contributed by atoms with E-state index in [-0.39, 0.29) is 0 Å². The van der Waals surface area contributed by atoms with Gasteiger partial charge < -0.3 is 4.74 Å². The Hall–Kier alpha value is -0.730. The van der Waals surface area contributed by atoms with Crippen LogP contribution in [0.4, 0.5) is 0 Å². The molecule has 0 saturated heterocycles. The molecular weight excluding hydrogens is 435 g/mol. The van der Waals surface area contributed by atoms with E-state index in [4.69, 9.17) is 11.6 Å². The lowest BCUT2D eigenvalue weighted by atomic mass is 10.2. The molecule has 0 aliphatic rings. The van der Waals surface area contributed by atoms with E-state index in [2.05, 4.69) is 31.0 Å². The minimum absolute atomic E-state index is 0.431. The molecule has 0 atom stereocenters. The van der Waals surface area contributed by atoms with Gasteiger partial charge in [-0.15, -0.1) is 0 Å². The molecule has 2 rings (SSSR count). The summed E-state index contributed by atoms with van der Waals surface area (Å²) >= 11 is 8.19. The molecule has 0 saturated carbocycles. The summed E-state index contributed by atoms with van der Waals surface area (Å²) in [6, 6.07) is 5.82. The molecule has 0 N–H and O–H groups in total. The van der Waals surface area contributed by atoms with Crippen molar-refractivity contribution < 1.29 is 9.53 Å². The van der Waals surface area contributed by atoms with Gasteiger partial charge in [-0.1, -0.05) is 31.5 Å². The Morgan fingerprint density at radius 1 is 1.45 bits per heavy atom. The van der Waals surface area contributed by atoms with Gasteiger partial charge in [0.25, 0.3) is 6.47 Å². The Labute approximate surface area is 153 Å². The molecule has 1 aromatic carbocycles. The Bertz CT molecular complexity index is 602. The molecule has 1 heterocycles. The fraction of sp³-hybridized carbons (Fsp3) is 0.333. The van der Waals surface area contributed by atoms with Gasteiger partial charge in [-0.05, 0) is 38.1 Å². The molecular formula is C15H20ClIN2O2S. The van der Waals surface area contributed by atoms with E-state index in [1.165, 1.54) is 0 Å². The molecule has 7 heteroatoms. The predicted molar refractivity (Wildman–Crippen MR) is 105 cm³/mol. The van der Waals surface area contributed by atoms with Crippen LogP contribution in [0.3, 0.4) is 0 Å². The highest BCUT2D eigenvalue weighted by Crippen LogP contribution is 2.28. The molecule has 0 bridgehead atoms. The second kappa shape index (κ2) is 12.8. The first kappa shape index (κ1) is 21.3. The van der Waals surface area contributed by atoms with E-state index >= 15 is 0 Å². The van der Waals surface area contributed by atoms with E-state index in [1.54, 1.807) is 16.0 Å². The highest BCUT2D eigenvalue weighted by molar-refractivity contribution is 14.2. The summed E-state index contributed by atoms with van der Waals surface area (Å²) in [5, 5.41) is 6.29. The van der Waals surface area contributed by atoms with Crippen LogP contribution in [0.1, 0.15) is 33.4 Å². The molecule has 0 fully saturated rings. The summed E-state index contributed by atoms with van der Waals surface area (Å²) in [6.45, 7) is 8.64. The van der Waals surface area contributed by atoms with Gasteiger partial charge in [0.2, 0.25) is 0 Å². The maximum Gasteiger partial charge on any atom is 0.293 e. The molecule has 22 heavy (non-hydrogen) atoms. The van der Waals surface area contributed by atoms with Crippen LogP contribution < -0.4 is 0 Å². The number of aromatic nitrogens is 2. The van der Waals surface area contributed by atoms with Crippen LogP contribution in [0.2, 0.25) is 5.02 Å². The minimum atomic E-state index is 0.431. The van der Waals surface area contributed by atoms with Gasteiger partial charge in [0.05, 0.1) is 17.8 Å². The summed E-state index contributed by atoms with van der Waals surface area (Å²) in [4.78, 5) is 9.18. The van der Waals surface area contributed by atoms with Crippen molar-refractivity contribution in [2.24, 2.45) is 0 Å². The van der Waals surface area contributed by atoms with Crippen molar-refractivity contribution in [1.29, 1.82) is 0 Å². The van der Waals surface area contributed by atoms with Crippen LogP contribution in [0.25, 0.3) is 17.0 Å². The average molecular weight is 455 g/mol. The van der Waals surface area contributed by atoms with Crippen LogP contribution in [0, 0.1) is 0 Å². The Kier molecular flexibility index (Phi) is 12.4. The van der Waals surface area contributed by atoms with Gasteiger partial charge in [-0.25, -0.2) is 0 Å². The topological polar surface area (TPSA) is 44.1 Å². The van der Waals surface area contributed by atoms with Crippen molar-refractivity contribution in [3.63, 3.8) is 0 Å². The molecule has 2 aromatic rings. The Balaban J connectivity index is 0.000000540. The second-order valence-electron chi connectivity index (χ2n) is 3.54. The molecule has 1 aromatic heterocycles. The maximum absolute atomic E-state index is 9.18.